The van der Waals surface area contributed by atoms with E-state index in [1.54, 1.807) is 6.92 Å². The molecule has 0 spiro atoms. The molecule has 0 aliphatic heterocycles. The van der Waals surface area contributed by atoms with Gasteiger partial charge in [0.25, 0.3) is 5.91 Å². The van der Waals surface area contributed by atoms with Crippen molar-refractivity contribution in [3.05, 3.63) is 23.8 Å². The number of carbonyl (C=O) groups excluding carboxylic acids is 1. The van der Waals surface area contributed by atoms with Gasteiger partial charge in [-0.25, -0.2) is 4.79 Å². The van der Waals surface area contributed by atoms with Crippen molar-refractivity contribution in [2.24, 2.45) is 0 Å². The lowest BCUT2D eigenvalue weighted by atomic mass is 10.2. The highest BCUT2D eigenvalue weighted by Gasteiger charge is 2.19. The minimum atomic E-state index is -1.12. The molecule has 0 heterocycles. The summed E-state index contributed by atoms with van der Waals surface area (Å²) in [5.74, 6) is -0.836. The predicted molar refractivity (Wildman–Crippen MR) is 73.3 cm³/mol. The van der Waals surface area contributed by atoms with Crippen LogP contribution in [0.15, 0.2) is 18.2 Å². The van der Waals surface area contributed by atoms with Crippen molar-refractivity contribution in [1.82, 2.24) is 5.32 Å². The standard InChI is InChI=1S/C14H19NO5/c1-4-7-15-13(16)9(2)20-12-8-10(19-3)5-6-11(12)14(17)18/h5-6,8-9H,4,7H2,1-3H3,(H,15,16)(H,17,18)/t9-/m0/s1. The molecule has 6 heteroatoms. The first-order valence-electron chi connectivity index (χ1n) is 6.35. The maximum absolute atomic E-state index is 11.7. The zero-order valence-electron chi connectivity index (χ0n) is 11.8. The normalized spacial score (nSPS) is 11.6. The number of methoxy groups -OCH3 is 1. The van der Waals surface area contributed by atoms with E-state index >= 15 is 0 Å². The summed E-state index contributed by atoms with van der Waals surface area (Å²) in [7, 11) is 1.47. The van der Waals surface area contributed by atoms with E-state index in [0.717, 1.165) is 6.42 Å². The Morgan fingerprint density at radius 3 is 2.65 bits per heavy atom. The van der Waals surface area contributed by atoms with E-state index in [1.165, 1.54) is 25.3 Å². The number of rotatable bonds is 7. The summed E-state index contributed by atoms with van der Waals surface area (Å²) in [6.07, 6.45) is 0.0320. The maximum atomic E-state index is 11.7. The largest absolute Gasteiger partial charge is 0.497 e. The Bertz CT molecular complexity index is 486. The van der Waals surface area contributed by atoms with Crippen LogP contribution in [0.25, 0.3) is 0 Å². The smallest absolute Gasteiger partial charge is 0.339 e. The summed E-state index contributed by atoms with van der Waals surface area (Å²) < 4.78 is 10.5. The van der Waals surface area contributed by atoms with Crippen LogP contribution >= 0.6 is 0 Å². The van der Waals surface area contributed by atoms with Crippen LogP contribution in [-0.2, 0) is 4.79 Å². The lowest BCUT2D eigenvalue weighted by Crippen LogP contribution is -2.36. The molecular formula is C14H19NO5. The van der Waals surface area contributed by atoms with Gasteiger partial charge in [-0.3, -0.25) is 4.79 Å². The van der Waals surface area contributed by atoms with E-state index < -0.39 is 12.1 Å². The van der Waals surface area contributed by atoms with Crippen molar-refractivity contribution in [3.63, 3.8) is 0 Å². The van der Waals surface area contributed by atoms with Gasteiger partial charge in [0.05, 0.1) is 7.11 Å². The number of amides is 1. The fourth-order valence-corrected chi connectivity index (χ4v) is 1.54. The number of carbonyl (C=O) groups is 2. The zero-order valence-corrected chi connectivity index (χ0v) is 11.8. The molecule has 0 saturated heterocycles. The molecule has 1 rings (SSSR count). The van der Waals surface area contributed by atoms with Crippen LogP contribution in [0.3, 0.4) is 0 Å². The fourth-order valence-electron chi connectivity index (χ4n) is 1.54. The SMILES string of the molecule is CCCNC(=O)[C@H](C)Oc1cc(OC)ccc1C(=O)O. The number of benzene rings is 1. The predicted octanol–water partition coefficient (Wildman–Crippen LogP) is 1.69. The minimum absolute atomic E-state index is 0.0130. The molecule has 0 aliphatic rings. The number of aromatic carboxylic acids is 1. The molecule has 0 aromatic heterocycles. The van der Waals surface area contributed by atoms with Crippen molar-refractivity contribution >= 4 is 11.9 Å². The van der Waals surface area contributed by atoms with E-state index in [9.17, 15) is 9.59 Å². The second-order valence-electron chi connectivity index (χ2n) is 4.22. The van der Waals surface area contributed by atoms with Crippen LogP contribution in [-0.4, -0.2) is 36.7 Å². The van der Waals surface area contributed by atoms with Crippen LogP contribution in [0.2, 0.25) is 0 Å². The first kappa shape index (κ1) is 15.8. The monoisotopic (exact) mass is 281 g/mol. The van der Waals surface area contributed by atoms with E-state index in [2.05, 4.69) is 5.32 Å². The van der Waals surface area contributed by atoms with Gasteiger partial charge in [-0.1, -0.05) is 6.92 Å². The zero-order chi connectivity index (χ0) is 15.1. The van der Waals surface area contributed by atoms with Crippen LogP contribution in [0.5, 0.6) is 11.5 Å². The molecule has 0 fully saturated rings. The third kappa shape index (κ3) is 4.15. The van der Waals surface area contributed by atoms with Gasteiger partial charge in [0.2, 0.25) is 0 Å². The van der Waals surface area contributed by atoms with Crippen molar-refractivity contribution in [2.45, 2.75) is 26.4 Å². The Hall–Kier alpha value is -2.24. The molecule has 0 radical (unpaired) electrons. The van der Waals surface area contributed by atoms with Crippen LogP contribution in [0.4, 0.5) is 0 Å². The third-order valence-corrected chi connectivity index (χ3v) is 2.64. The van der Waals surface area contributed by atoms with Crippen molar-refractivity contribution in [2.75, 3.05) is 13.7 Å². The summed E-state index contributed by atoms with van der Waals surface area (Å²) in [5.41, 5.74) is -0.0130. The Morgan fingerprint density at radius 1 is 1.40 bits per heavy atom. The quantitative estimate of drug-likeness (QED) is 0.794. The molecule has 1 aromatic rings. The van der Waals surface area contributed by atoms with Gasteiger partial charge in [0.1, 0.15) is 17.1 Å². The summed E-state index contributed by atoms with van der Waals surface area (Å²) in [6.45, 7) is 4.06. The van der Waals surface area contributed by atoms with Crippen molar-refractivity contribution in [3.8, 4) is 11.5 Å². The highest BCUT2D eigenvalue weighted by Crippen LogP contribution is 2.25. The van der Waals surface area contributed by atoms with Crippen molar-refractivity contribution in [1.29, 1.82) is 0 Å². The van der Waals surface area contributed by atoms with Gasteiger partial charge in [-0.05, 0) is 25.5 Å². The molecule has 0 aliphatic carbocycles. The van der Waals surface area contributed by atoms with Gasteiger partial charge in [0, 0.05) is 12.6 Å². The molecule has 0 saturated carbocycles. The molecule has 1 atom stereocenters. The van der Waals surface area contributed by atoms with Crippen LogP contribution in [0.1, 0.15) is 30.6 Å². The molecule has 2 N–H and O–H groups in total. The number of carboxylic acids is 1. The average Bonchev–Trinajstić information content (AvgIpc) is 2.44. The van der Waals surface area contributed by atoms with Gasteiger partial charge in [-0.2, -0.15) is 0 Å². The lowest BCUT2D eigenvalue weighted by Gasteiger charge is -2.16. The Labute approximate surface area is 117 Å². The Balaban J connectivity index is 2.89. The number of ether oxygens (including phenoxy) is 2. The Kier molecular flexibility index (Phi) is 5.83. The second-order valence-corrected chi connectivity index (χ2v) is 4.22. The second kappa shape index (κ2) is 7.37. The molecular weight excluding hydrogens is 262 g/mol. The van der Waals surface area contributed by atoms with Gasteiger partial charge in [-0.15, -0.1) is 0 Å². The number of carboxylic acid groups (broad SMARTS) is 1. The topological polar surface area (TPSA) is 84.9 Å². The highest BCUT2D eigenvalue weighted by atomic mass is 16.5. The molecule has 1 amide bonds. The van der Waals surface area contributed by atoms with Gasteiger partial charge >= 0.3 is 5.97 Å². The van der Waals surface area contributed by atoms with E-state index in [0.29, 0.717) is 12.3 Å². The van der Waals surface area contributed by atoms with E-state index in [-0.39, 0.29) is 17.2 Å². The number of hydrogen-bond acceptors (Lipinski definition) is 4. The first-order valence-corrected chi connectivity index (χ1v) is 6.35. The van der Waals surface area contributed by atoms with E-state index in [4.69, 9.17) is 14.6 Å². The highest BCUT2D eigenvalue weighted by molar-refractivity contribution is 5.91. The summed E-state index contributed by atoms with van der Waals surface area (Å²) in [6, 6.07) is 4.36. The third-order valence-electron chi connectivity index (χ3n) is 2.64. The van der Waals surface area contributed by atoms with Crippen LogP contribution < -0.4 is 14.8 Å². The molecule has 0 bridgehead atoms. The molecule has 20 heavy (non-hydrogen) atoms. The van der Waals surface area contributed by atoms with Crippen LogP contribution in [0, 0.1) is 0 Å². The summed E-state index contributed by atoms with van der Waals surface area (Å²) in [5, 5.41) is 11.8. The fraction of sp³-hybridized carbons (Fsp3) is 0.429. The van der Waals surface area contributed by atoms with E-state index in [1.807, 2.05) is 6.92 Å². The molecule has 1 aromatic carbocycles. The van der Waals surface area contributed by atoms with Crippen molar-refractivity contribution < 1.29 is 24.2 Å². The Morgan fingerprint density at radius 2 is 2.10 bits per heavy atom. The number of nitrogens with one attached hydrogen (secondary N) is 1. The summed E-state index contributed by atoms with van der Waals surface area (Å²) in [4.78, 5) is 22.9. The molecule has 0 unspecified atom stereocenters. The maximum Gasteiger partial charge on any atom is 0.339 e. The first-order chi connectivity index (χ1) is 9.49. The van der Waals surface area contributed by atoms with Gasteiger partial charge < -0.3 is 19.9 Å². The number of hydrogen-bond donors (Lipinski definition) is 2. The molecule has 6 nitrogen and oxygen atoms in total. The average molecular weight is 281 g/mol. The lowest BCUT2D eigenvalue weighted by molar-refractivity contribution is -0.127. The van der Waals surface area contributed by atoms with Gasteiger partial charge in [0.15, 0.2) is 6.10 Å². The minimum Gasteiger partial charge on any atom is -0.497 e. The molecule has 110 valence electrons. The summed E-state index contributed by atoms with van der Waals surface area (Å²) >= 11 is 0.